The van der Waals surface area contributed by atoms with E-state index >= 15 is 0 Å². The molecule has 10 aromatic carbocycles. The van der Waals surface area contributed by atoms with E-state index in [4.69, 9.17) is 0 Å². The number of fused-ring (bicyclic) bond motifs is 21. The van der Waals surface area contributed by atoms with Crippen LogP contribution in [0, 0.1) is 0 Å². The predicted octanol–water partition coefficient (Wildman–Crippen LogP) is 16.8. The van der Waals surface area contributed by atoms with E-state index in [1.165, 1.54) is 109 Å². The molecule has 1 spiro atoms. The number of thiophene rings is 1. The molecule has 0 radical (unpaired) electrons. The maximum Gasteiger partial charge on any atom is 0.0726 e. The van der Waals surface area contributed by atoms with Crippen LogP contribution >= 0.6 is 11.3 Å². The fourth-order valence-corrected chi connectivity index (χ4v) is 12.6. The van der Waals surface area contributed by atoms with Crippen LogP contribution in [0.2, 0.25) is 0 Å². The monoisotopic (exact) mass is 815 g/mol. The maximum atomic E-state index is 2.51. The Morgan fingerprint density at radius 2 is 0.619 bits per heavy atom. The molecule has 0 bridgehead atoms. The summed E-state index contributed by atoms with van der Waals surface area (Å²) >= 11 is 1.87. The Balaban J connectivity index is 1.06. The molecular weight excluding hydrogens is 779 g/mol. The summed E-state index contributed by atoms with van der Waals surface area (Å²) in [6.07, 6.45) is 0. The second-order valence-electron chi connectivity index (χ2n) is 17.1. The molecule has 0 aliphatic heterocycles. The van der Waals surface area contributed by atoms with Gasteiger partial charge < -0.3 is 4.90 Å². The van der Waals surface area contributed by atoms with Crippen molar-refractivity contribution in [2.45, 2.75) is 5.41 Å². The number of benzene rings is 10. The van der Waals surface area contributed by atoms with Crippen molar-refractivity contribution in [3.63, 3.8) is 0 Å². The van der Waals surface area contributed by atoms with Crippen molar-refractivity contribution in [1.29, 1.82) is 0 Å². The number of anilines is 3. The van der Waals surface area contributed by atoms with Crippen LogP contribution < -0.4 is 4.90 Å². The van der Waals surface area contributed by atoms with Crippen molar-refractivity contribution < 1.29 is 0 Å². The van der Waals surface area contributed by atoms with E-state index in [1.807, 2.05) is 11.3 Å². The Morgan fingerprint density at radius 1 is 0.254 bits per heavy atom. The average molecular weight is 816 g/mol. The molecule has 0 fully saturated rings. The van der Waals surface area contributed by atoms with Gasteiger partial charge in [0.2, 0.25) is 0 Å². The molecule has 63 heavy (non-hydrogen) atoms. The van der Waals surface area contributed by atoms with Crippen LogP contribution in [0.25, 0.3) is 86.9 Å². The molecule has 0 atom stereocenters. The molecule has 3 aliphatic rings. The fourth-order valence-electron chi connectivity index (χ4n) is 11.5. The van der Waals surface area contributed by atoms with Gasteiger partial charge in [0.1, 0.15) is 0 Å². The average Bonchev–Trinajstić information content (AvgIpc) is 3.97. The summed E-state index contributed by atoms with van der Waals surface area (Å²) in [6.45, 7) is 0. The Kier molecular flexibility index (Phi) is 7.26. The lowest BCUT2D eigenvalue weighted by molar-refractivity contribution is 0.793. The molecule has 3 aliphatic carbocycles. The van der Waals surface area contributed by atoms with Gasteiger partial charge in [-0.25, -0.2) is 0 Å². The van der Waals surface area contributed by atoms with Crippen LogP contribution in [0.1, 0.15) is 22.3 Å². The van der Waals surface area contributed by atoms with Crippen LogP contribution in [-0.4, -0.2) is 0 Å². The van der Waals surface area contributed by atoms with Crippen molar-refractivity contribution in [2.24, 2.45) is 0 Å². The topological polar surface area (TPSA) is 3.24 Å². The Hall–Kier alpha value is -7.78. The van der Waals surface area contributed by atoms with E-state index in [0.717, 1.165) is 17.1 Å². The molecule has 1 heterocycles. The summed E-state index contributed by atoms with van der Waals surface area (Å²) < 4.78 is 2.61. The van der Waals surface area contributed by atoms with Gasteiger partial charge in [-0.15, -0.1) is 11.3 Å². The smallest absolute Gasteiger partial charge is 0.0726 e. The normalized spacial score (nSPS) is 13.2. The lowest BCUT2D eigenvalue weighted by atomic mass is 9.70. The van der Waals surface area contributed by atoms with Gasteiger partial charge in [-0.2, -0.15) is 0 Å². The summed E-state index contributed by atoms with van der Waals surface area (Å²) in [6, 6.07) is 84.4. The molecule has 1 nitrogen and oxygen atoms in total. The minimum absolute atomic E-state index is 0.448. The van der Waals surface area contributed by atoms with E-state index in [0.29, 0.717) is 0 Å². The Bertz CT molecular complexity index is 3650. The zero-order valence-corrected chi connectivity index (χ0v) is 35.0. The summed E-state index contributed by atoms with van der Waals surface area (Å²) in [5.41, 5.74) is 23.5. The van der Waals surface area contributed by atoms with Gasteiger partial charge in [-0.1, -0.05) is 176 Å². The maximum absolute atomic E-state index is 2.51. The molecule has 0 N–H and O–H groups in total. The van der Waals surface area contributed by atoms with Crippen LogP contribution in [0.15, 0.2) is 224 Å². The van der Waals surface area contributed by atoms with Gasteiger partial charge in [0, 0.05) is 37.2 Å². The fraction of sp³-hybridized carbons (Fsp3) is 0.0164. The Labute approximate surface area is 370 Å². The SMILES string of the molecule is c1ccc2c(c1)-c1ccccc1-c1ccc(N(c3ccc4c(c3)C3(c5ccccc5-c5ccccc53)c3ccccc3-4)c3ccc4sc5ccccc5c4c3)cc1-c1ccccc1-2. The standard InChI is InChI=1S/C61H37NS/c1-2-16-42-41(15-1)43-17-3-4-19-45(43)47-32-29-38(35-53(47)46-20-6-5-18-44(42)46)62(39-31-34-60-54(36-39)52-24-10-14-28-59(52)63-60)40-30-33-51-50-23-9-13-27-57(50)61(58(51)37-40)55-25-11-7-21-48(55)49-22-8-12-26-56(49)61/h1-37H. The van der Waals surface area contributed by atoms with Crippen molar-refractivity contribution in [3.05, 3.63) is 247 Å². The summed E-state index contributed by atoms with van der Waals surface area (Å²) in [5, 5.41) is 2.58. The third-order valence-electron chi connectivity index (χ3n) is 14.1. The summed E-state index contributed by atoms with van der Waals surface area (Å²) in [4.78, 5) is 2.51. The minimum atomic E-state index is -0.448. The molecular formula is C61H37NS. The quantitative estimate of drug-likeness (QED) is 0.172. The zero-order chi connectivity index (χ0) is 41.2. The van der Waals surface area contributed by atoms with E-state index in [2.05, 4.69) is 229 Å². The molecule has 14 rings (SSSR count). The largest absolute Gasteiger partial charge is 0.310 e. The van der Waals surface area contributed by atoms with Gasteiger partial charge in [0.25, 0.3) is 0 Å². The molecule has 292 valence electrons. The van der Waals surface area contributed by atoms with Gasteiger partial charge >= 0.3 is 0 Å². The van der Waals surface area contributed by atoms with E-state index < -0.39 is 5.41 Å². The highest BCUT2D eigenvalue weighted by Crippen LogP contribution is 2.63. The third-order valence-corrected chi connectivity index (χ3v) is 15.2. The molecule has 2 heteroatoms. The summed E-state index contributed by atoms with van der Waals surface area (Å²) in [7, 11) is 0. The minimum Gasteiger partial charge on any atom is -0.310 e. The van der Waals surface area contributed by atoms with E-state index in [9.17, 15) is 0 Å². The lowest BCUT2D eigenvalue weighted by Gasteiger charge is -2.32. The molecule has 1 aromatic heterocycles. The van der Waals surface area contributed by atoms with Gasteiger partial charge in [0.15, 0.2) is 0 Å². The van der Waals surface area contributed by atoms with E-state index in [-0.39, 0.29) is 0 Å². The number of rotatable bonds is 3. The van der Waals surface area contributed by atoms with Crippen LogP contribution in [0.3, 0.4) is 0 Å². The second-order valence-corrected chi connectivity index (χ2v) is 18.2. The van der Waals surface area contributed by atoms with Crippen molar-refractivity contribution in [2.75, 3.05) is 4.90 Å². The number of hydrogen-bond acceptors (Lipinski definition) is 2. The van der Waals surface area contributed by atoms with Crippen LogP contribution in [-0.2, 0) is 5.41 Å². The molecule has 11 aromatic rings. The van der Waals surface area contributed by atoms with Gasteiger partial charge in [-0.3, -0.25) is 0 Å². The first-order valence-corrected chi connectivity index (χ1v) is 22.7. The molecule has 0 amide bonds. The number of hydrogen-bond donors (Lipinski definition) is 0. The highest BCUT2D eigenvalue weighted by Gasteiger charge is 2.51. The van der Waals surface area contributed by atoms with Crippen molar-refractivity contribution >= 4 is 48.6 Å². The first kappa shape index (κ1) is 34.9. The van der Waals surface area contributed by atoms with Crippen LogP contribution in [0.5, 0.6) is 0 Å². The third kappa shape index (κ3) is 4.76. The van der Waals surface area contributed by atoms with Crippen molar-refractivity contribution in [3.8, 4) is 66.8 Å². The highest BCUT2D eigenvalue weighted by atomic mass is 32.1. The van der Waals surface area contributed by atoms with Gasteiger partial charge in [0.05, 0.1) is 5.41 Å². The predicted molar refractivity (Wildman–Crippen MR) is 266 cm³/mol. The Morgan fingerprint density at radius 3 is 1.17 bits per heavy atom. The first-order chi connectivity index (χ1) is 31.3. The van der Waals surface area contributed by atoms with Crippen LogP contribution in [0.4, 0.5) is 17.1 Å². The second kappa shape index (κ2) is 13.1. The molecule has 0 saturated carbocycles. The highest BCUT2D eigenvalue weighted by molar-refractivity contribution is 7.25. The number of nitrogens with zero attached hydrogens (tertiary/aromatic N) is 1. The lowest BCUT2D eigenvalue weighted by Crippen LogP contribution is -2.26. The van der Waals surface area contributed by atoms with Gasteiger partial charge in [-0.05, 0) is 138 Å². The van der Waals surface area contributed by atoms with E-state index in [1.54, 1.807) is 0 Å². The van der Waals surface area contributed by atoms with Crippen molar-refractivity contribution in [1.82, 2.24) is 0 Å². The summed E-state index contributed by atoms with van der Waals surface area (Å²) in [5.74, 6) is 0. The molecule has 0 saturated heterocycles. The first-order valence-electron chi connectivity index (χ1n) is 21.8. The molecule has 0 unspecified atom stereocenters. The zero-order valence-electron chi connectivity index (χ0n) is 34.2.